The van der Waals surface area contributed by atoms with Crippen molar-refractivity contribution >= 4 is 5.97 Å². The van der Waals surface area contributed by atoms with Gasteiger partial charge in [-0.15, -0.1) is 0 Å². The topological polar surface area (TPSA) is 46.5 Å². The molecule has 0 radical (unpaired) electrons. The van der Waals surface area contributed by atoms with E-state index in [2.05, 4.69) is 4.74 Å². The van der Waals surface area contributed by atoms with Crippen molar-refractivity contribution in [3.05, 3.63) is 0 Å². The van der Waals surface area contributed by atoms with Crippen LogP contribution in [-0.4, -0.2) is 23.8 Å². The average Bonchev–Trinajstić information content (AvgIpc) is 1.91. The molecule has 0 aromatic carbocycles. The molecule has 1 unspecified atom stereocenters. The van der Waals surface area contributed by atoms with Gasteiger partial charge in [0.05, 0.1) is 6.61 Å². The normalized spacial score (nSPS) is 10.9. The minimum atomic E-state index is -0.368. The Labute approximate surface area is 62.0 Å². The highest BCUT2D eigenvalue weighted by Crippen LogP contribution is 1.86. The van der Waals surface area contributed by atoms with Crippen molar-refractivity contribution in [2.75, 3.05) is 6.61 Å². The van der Waals surface area contributed by atoms with Gasteiger partial charge < -0.3 is 9.84 Å². The third-order valence-corrected chi connectivity index (χ3v) is 0.624. The fourth-order valence-electron chi connectivity index (χ4n) is 0.321. The molecule has 1 N–H and O–H groups in total. The maximum atomic E-state index is 10.1. The average molecular weight is 148 g/mol. The number of ether oxygens (including phenoxy) is 1. The number of hydrogen-bond acceptors (Lipinski definition) is 3. The highest BCUT2D eigenvalue weighted by atomic mass is 16.5. The number of carbonyl (C=O) groups excluding carboxylic acids is 1. The van der Waals surface area contributed by atoms with Gasteiger partial charge in [-0.1, -0.05) is 13.8 Å². The lowest BCUT2D eigenvalue weighted by Gasteiger charge is -2.05. The van der Waals surface area contributed by atoms with Gasteiger partial charge in [-0.3, -0.25) is 4.79 Å². The molecule has 0 aromatic heterocycles. The summed E-state index contributed by atoms with van der Waals surface area (Å²) >= 11 is 0. The Morgan fingerprint density at radius 1 is 1.60 bits per heavy atom. The maximum absolute atomic E-state index is 10.1. The second-order valence-electron chi connectivity index (χ2n) is 1.60. The highest BCUT2D eigenvalue weighted by Gasteiger charge is 2.00. The molecule has 0 fully saturated rings. The molecule has 0 aliphatic rings. The standard InChI is InChI=1S/C5H10O3.C2H6/c1-4(3-6)8-5(2)7;1-2/h4,6H,3H2,1-2H3;1-2H3. The van der Waals surface area contributed by atoms with Crippen LogP contribution in [0.15, 0.2) is 0 Å². The summed E-state index contributed by atoms with van der Waals surface area (Å²) in [6.45, 7) is 6.83. The summed E-state index contributed by atoms with van der Waals surface area (Å²) < 4.78 is 4.51. The summed E-state index contributed by atoms with van der Waals surface area (Å²) in [5.41, 5.74) is 0. The molecule has 0 aliphatic heterocycles. The molecule has 0 spiro atoms. The number of carbonyl (C=O) groups is 1. The SMILES string of the molecule is CC.CC(=O)OC(C)CO. The third-order valence-electron chi connectivity index (χ3n) is 0.624. The van der Waals surface area contributed by atoms with Gasteiger partial charge in [0.25, 0.3) is 0 Å². The summed E-state index contributed by atoms with van der Waals surface area (Å²) in [4.78, 5) is 10.1. The molecule has 62 valence electrons. The van der Waals surface area contributed by atoms with Crippen molar-refractivity contribution < 1.29 is 14.6 Å². The second kappa shape index (κ2) is 8.43. The molecular weight excluding hydrogens is 132 g/mol. The molecule has 3 heteroatoms. The van der Waals surface area contributed by atoms with E-state index in [1.54, 1.807) is 6.92 Å². The zero-order valence-corrected chi connectivity index (χ0v) is 7.05. The smallest absolute Gasteiger partial charge is 0.302 e. The first-order chi connectivity index (χ1) is 4.66. The van der Waals surface area contributed by atoms with Gasteiger partial charge in [0, 0.05) is 6.92 Å². The molecule has 0 amide bonds. The largest absolute Gasteiger partial charge is 0.460 e. The molecular formula is C7H16O3. The van der Waals surface area contributed by atoms with Crippen molar-refractivity contribution in [2.24, 2.45) is 0 Å². The highest BCUT2D eigenvalue weighted by molar-refractivity contribution is 5.66. The lowest BCUT2D eigenvalue weighted by molar-refractivity contribution is -0.147. The van der Waals surface area contributed by atoms with Crippen LogP contribution in [0.3, 0.4) is 0 Å². The van der Waals surface area contributed by atoms with E-state index in [0.717, 1.165) is 0 Å². The van der Waals surface area contributed by atoms with Gasteiger partial charge in [0.1, 0.15) is 6.10 Å². The van der Waals surface area contributed by atoms with E-state index in [1.807, 2.05) is 13.8 Å². The van der Waals surface area contributed by atoms with Crippen LogP contribution in [0.25, 0.3) is 0 Å². The van der Waals surface area contributed by atoms with Crippen LogP contribution in [0.2, 0.25) is 0 Å². The van der Waals surface area contributed by atoms with Crippen LogP contribution in [0.1, 0.15) is 27.7 Å². The molecule has 0 aromatic rings. The van der Waals surface area contributed by atoms with E-state index in [1.165, 1.54) is 6.92 Å². The van der Waals surface area contributed by atoms with Gasteiger partial charge in [-0.25, -0.2) is 0 Å². The minimum Gasteiger partial charge on any atom is -0.460 e. The lowest BCUT2D eigenvalue weighted by Crippen LogP contribution is -2.15. The molecule has 10 heavy (non-hydrogen) atoms. The molecule has 0 saturated carbocycles. The van der Waals surface area contributed by atoms with Crippen LogP contribution in [0.5, 0.6) is 0 Å². The Morgan fingerprint density at radius 2 is 2.00 bits per heavy atom. The maximum Gasteiger partial charge on any atom is 0.302 e. The first-order valence-corrected chi connectivity index (χ1v) is 3.45. The Morgan fingerprint density at radius 3 is 2.10 bits per heavy atom. The fraction of sp³-hybridized carbons (Fsp3) is 0.857. The number of esters is 1. The predicted octanol–water partition coefficient (Wildman–Crippen LogP) is 0.956. The zero-order chi connectivity index (χ0) is 8.57. The number of hydrogen-bond donors (Lipinski definition) is 1. The van der Waals surface area contributed by atoms with Crippen LogP contribution in [-0.2, 0) is 9.53 Å². The minimum absolute atomic E-state index is 0.112. The monoisotopic (exact) mass is 148 g/mol. The number of aliphatic hydroxyl groups is 1. The first-order valence-electron chi connectivity index (χ1n) is 3.45. The Balaban J connectivity index is 0. The van der Waals surface area contributed by atoms with E-state index in [-0.39, 0.29) is 18.7 Å². The quantitative estimate of drug-likeness (QED) is 0.593. The van der Waals surface area contributed by atoms with Gasteiger partial charge in [-0.05, 0) is 6.92 Å². The third kappa shape index (κ3) is 10.4. The van der Waals surface area contributed by atoms with Crippen LogP contribution >= 0.6 is 0 Å². The van der Waals surface area contributed by atoms with E-state index in [0.29, 0.717) is 0 Å². The van der Waals surface area contributed by atoms with Crippen molar-refractivity contribution in [1.82, 2.24) is 0 Å². The van der Waals surface area contributed by atoms with Crippen molar-refractivity contribution in [3.63, 3.8) is 0 Å². The van der Waals surface area contributed by atoms with Crippen molar-refractivity contribution in [3.8, 4) is 0 Å². The summed E-state index contributed by atoms with van der Waals surface area (Å²) in [6.07, 6.45) is -0.368. The summed E-state index contributed by atoms with van der Waals surface area (Å²) in [5, 5.41) is 8.31. The summed E-state index contributed by atoms with van der Waals surface area (Å²) in [6, 6.07) is 0. The Bertz CT molecular complexity index is 80.9. The molecule has 1 atom stereocenters. The van der Waals surface area contributed by atoms with Crippen molar-refractivity contribution in [1.29, 1.82) is 0 Å². The summed E-state index contributed by atoms with van der Waals surface area (Å²) in [7, 11) is 0. The van der Waals surface area contributed by atoms with Gasteiger partial charge in [-0.2, -0.15) is 0 Å². The van der Waals surface area contributed by atoms with Crippen LogP contribution < -0.4 is 0 Å². The molecule has 0 rings (SSSR count). The van der Waals surface area contributed by atoms with Crippen LogP contribution in [0, 0.1) is 0 Å². The number of aliphatic hydroxyl groups excluding tert-OH is 1. The van der Waals surface area contributed by atoms with Gasteiger partial charge in [0.2, 0.25) is 0 Å². The van der Waals surface area contributed by atoms with Crippen molar-refractivity contribution in [2.45, 2.75) is 33.8 Å². The lowest BCUT2D eigenvalue weighted by atomic mass is 10.4. The predicted molar refractivity (Wildman–Crippen MR) is 39.7 cm³/mol. The molecule has 0 heterocycles. The van der Waals surface area contributed by atoms with E-state index >= 15 is 0 Å². The van der Waals surface area contributed by atoms with Gasteiger partial charge in [0.15, 0.2) is 0 Å². The molecule has 0 saturated heterocycles. The molecule has 0 bridgehead atoms. The molecule has 0 aliphatic carbocycles. The van der Waals surface area contributed by atoms with Crippen LogP contribution in [0.4, 0.5) is 0 Å². The Kier molecular flexibility index (Phi) is 10.2. The Hall–Kier alpha value is -0.570. The molecule has 3 nitrogen and oxygen atoms in total. The van der Waals surface area contributed by atoms with Gasteiger partial charge >= 0.3 is 5.97 Å². The number of rotatable bonds is 2. The van der Waals surface area contributed by atoms with E-state index < -0.39 is 0 Å². The first kappa shape index (κ1) is 12.1. The second-order valence-corrected chi connectivity index (χ2v) is 1.60. The van der Waals surface area contributed by atoms with E-state index in [4.69, 9.17) is 5.11 Å². The zero-order valence-electron chi connectivity index (χ0n) is 7.05. The summed E-state index contributed by atoms with van der Waals surface area (Å²) in [5.74, 6) is -0.355. The van der Waals surface area contributed by atoms with E-state index in [9.17, 15) is 4.79 Å². The fourth-order valence-corrected chi connectivity index (χ4v) is 0.321.